The van der Waals surface area contributed by atoms with Crippen LogP contribution >= 0.6 is 11.6 Å². The molecule has 1 atom stereocenters. The number of aromatic nitrogens is 2. The molecule has 27 heavy (non-hydrogen) atoms. The molecule has 0 radical (unpaired) electrons. The average molecular weight is 382 g/mol. The number of ether oxygens (including phenoxy) is 2. The molecule has 6 nitrogen and oxygen atoms in total. The molecule has 0 fully saturated rings. The molecule has 0 bridgehead atoms. The zero-order valence-electron chi connectivity index (χ0n) is 14.5. The Bertz CT molecular complexity index is 1080. The van der Waals surface area contributed by atoms with Crippen LogP contribution in [-0.2, 0) is 4.79 Å². The van der Waals surface area contributed by atoms with Gasteiger partial charge in [0.1, 0.15) is 5.82 Å². The van der Waals surface area contributed by atoms with Gasteiger partial charge < -0.3 is 14.8 Å². The Labute approximate surface area is 160 Å². The molecule has 3 aromatic rings. The van der Waals surface area contributed by atoms with Crippen molar-refractivity contribution in [3.05, 3.63) is 64.3 Å². The van der Waals surface area contributed by atoms with Gasteiger partial charge in [-0.05, 0) is 42.3 Å². The highest BCUT2D eigenvalue weighted by molar-refractivity contribution is 6.31. The fourth-order valence-electron chi connectivity index (χ4n) is 3.66. The first kappa shape index (κ1) is 16.2. The molecule has 2 aliphatic heterocycles. The molecule has 136 valence electrons. The molecule has 0 aliphatic carbocycles. The number of fused-ring (bicyclic) bond motifs is 2. The summed E-state index contributed by atoms with van der Waals surface area (Å²) in [6.45, 7) is 2.16. The summed E-state index contributed by atoms with van der Waals surface area (Å²) >= 11 is 6.27. The van der Waals surface area contributed by atoms with E-state index in [0.717, 1.165) is 28.1 Å². The third-order valence-corrected chi connectivity index (χ3v) is 5.50. The Morgan fingerprint density at radius 1 is 1.22 bits per heavy atom. The second-order valence-electron chi connectivity index (χ2n) is 6.66. The fraction of sp³-hybridized carbons (Fsp3) is 0.200. The lowest BCUT2D eigenvalue weighted by atomic mass is 9.87. The molecule has 0 saturated carbocycles. The monoisotopic (exact) mass is 381 g/mol. The van der Waals surface area contributed by atoms with Crippen LogP contribution in [0.3, 0.4) is 0 Å². The molecule has 2 aliphatic rings. The smallest absolute Gasteiger partial charge is 0.231 e. The summed E-state index contributed by atoms with van der Waals surface area (Å²) in [6.07, 6.45) is 2.16. The van der Waals surface area contributed by atoms with Crippen LogP contribution in [0.15, 0.2) is 42.6 Å². The third-order valence-electron chi connectivity index (χ3n) is 5.09. The van der Waals surface area contributed by atoms with Gasteiger partial charge in [-0.2, -0.15) is 5.10 Å². The summed E-state index contributed by atoms with van der Waals surface area (Å²) in [6, 6.07) is 11.4. The van der Waals surface area contributed by atoms with Gasteiger partial charge in [-0.25, -0.2) is 4.68 Å². The molecule has 7 heteroatoms. The van der Waals surface area contributed by atoms with E-state index in [9.17, 15) is 4.79 Å². The number of hydrogen-bond donors (Lipinski definition) is 1. The molecule has 5 rings (SSSR count). The zero-order valence-corrected chi connectivity index (χ0v) is 15.3. The molecular formula is C20H16ClN3O3. The predicted octanol–water partition coefficient (Wildman–Crippen LogP) is 4.04. The third kappa shape index (κ3) is 2.56. The van der Waals surface area contributed by atoms with Crippen LogP contribution in [0.25, 0.3) is 5.69 Å². The summed E-state index contributed by atoms with van der Waals surface area (Å²) in [5.74, 6) is 1.96. The van der Waals surface area contributed by atoms with E-state index in [2.05, 4.69) is 10.4 Å². The number of halogens is 1. The number of amides is 1. The lowest BCUT2D eigenvalue weighted by Crippen LogP contribution is -2.24. The molecule has 1 amide bonds. The lowest BCUT2D eigenvalue weighted by molar-refractivity contribution is -0.116. The van der Waals surface area contributed by atoms with Gasteiger partial charge in [0, 0.05) is 22.9 Å². The molecule has 1 aromatic heterocycles. The van der Waals surface area contributed by atoms with Gasteiger partial charge in [0.15, 0.2) is 11.5 Å². The molecule has 0 unspecified atom stereocenters. The second-order valence-corrected chi connectivity index (χ2v) is 7.07. The minimum atomic E-state index is -0.100. The SMILES string of the molecule is Cc1c(Cl)cccc1-n1ncc2c1NC(=O)C[C@H]2c1ccc2c(c1)OCO2. The van der Waals surface area contributed by atoms with Gasteiger partial charge in [-0.15, -0.1) is 0 Å². The molecule has 3 heterocycles. The summed E-state index contributed by atoms with van der Waals surface area (Å²) in [7, 11) is 0. The van der Waals surface area contributed by atoms with Crippen LogP contribution in [-0.4, -0.2) is 22.5 Å². The topological polar surface area (TPSA) is 65.4 Å². The minimum Gasteiger partial charge on any atom is -0.454 e. The number of nitrogens with zero attached hydrogens (tertiary/aromatic N) is 2. The maximum atomic E-state index is 12.4. The molecule has 1 N–H and O–H groups in total. The van der Waals surface area contributed by atoms with Crippen molar-refractivity contribution in [1.29, 1.82) is 0 Å². The van der Waals surface area contributed by atoms with Crippen molar-refractivity contribution in [1.82, 2.24) is 9.78 Å². The molecular weight excluding hydrogens is 366 g/mol. The number of carbonyl (C=O) groups excluding carboxylic acids is 1. The first-order chi connectivity index (χ1) is 13.1. The highest BCUT2D eigenvalue weighted by Gasteiger charge is 2.31. The van der Waals surface area contributed by atoms with Gasteiger partial charge in [0.25, 0.3) is 0 Å². The Morgan fingerprint density at radius 2 is 2.07 bits per heavy atom. The van der Waals surface area contributed by atoms with Gasteiger partial charge in [-0.3, -0.25) is 4.79 Å². The predicted molar refractivity (Wildman–Crippen MR) is 101 cm³/mol. The highest BCUT2D eigenvalue weighted by Crippen LogP contribution is 2.42. The lowest BCUT2D eigenvalue weighted by Gasteiger charge is -2.24. The van der Waals surface area contributed by atoms with E-state index < -0.39 is 0 Å². The van der Waals surface area contributed by atoms with Crippen LogP contribution in [0.4, 0.5) is 5.82 Å². The van der Waals surface area contributed by atoms with Crippen LogP contribution in [0.2, 0.25) is 5.02 Å². The van der Waals surface area contributed by atoms with Gasteiger partial charge >= 0.3 is 0 Å². The Balaban J connectivity index is 1.62. The van der Waals surface area contributed by atoms with Crippen molar-refractivity contribution in [2.24, 2.45) is 0 Å². The second kappa shape index (κ2) is 6.03. The van der Waals surface area contributed by atoms with Crippen molar-refractivity contribution in [3.8, 4) is 17.2 Å². The van der Waals surface area contributed by atoms with E-state index in [4.69, 9.17) is 21.1 Å². The number of carbonyl (C=O) groups is 1. The Hall–Kier alpha value is -2.99. The first-order valence-corrected chi connectivity index (χ1v) is 9.02. The van der Waals surface area contributed by atoms with Gasteiger partial charge in [0.05, 0.1) is 11.9 Å². The average Bonchev–Trinajstić information content (AvgIpc) is 3.29. The minimum absolute atomic E-state index is 0.0494. The van der Waals surface area contributed by atoms with E-state index >= 15 is 0 Å². The van der Waals surface area contributed by atoms with Crippen LogP contribution in [0.5, 0.6) is 11.5 Å². The van der Waals surface area contributed by atoms with E-state index in [1.54, 1.807) is 4.68 Å². The molecule has 0 spiro atoms. The first-order valence-electron chi connectivity index (χ1n) is 8.64. The highest BCUT2D eigenvalue weighted by atomic mass is 35.5. The molecule has 0 saturated heterocycles. The largest absolute Gasteiger partial charge is 0.454 e. The van der Waals surface area contributed by atoms with E-state index in [1.807, 2.05) is 49.5 Å². The standard InChI is InChI=1S/C20H16ClN3O3/c1-11-15(21)3-2-4-16(11)24-20-14(9-22-24)13(8-19(25)23-20)12-5-6-17-18(7-12)27-10-26-17/h2-7,9,13H,8,10H2,1H3,(H,23,25)/t13-/m0/s1. The maximum absolute atomic E-state index is 12.4. The van der Waals surface area contributed by atoms with Crippen molar-refractivity contribution >= 4 is 23.3 Å². The van der Waals surface area contributed by atoms with Crippen molar-refractivity contribution in [2.45, 2.75) is 19.3 Å². The Kier molecular flexibility index (Phi) is 3.62. The van der Waals surface area contributed by atoms with Crippen LogP contribution in [0.1, 0.15) is 29.0 Å². The van der Waals surface area contributed by atoms with Crippen LogP contribution < -0.4 is 14.8 Å². The van der Waals surface area contributed by atoms with Crippen molar-refractivity contribution in [3.63, 3.8) is 0 Å². The van der Waals surface area contributed by atoms with E-state index in [0.29, 0.717) is 23.0 Å². The molecule has 2 aromatic carbocycles. The van der Waals surface area contributed by atoms with Crippen LogP contribution in [0, 0.1) is 6.92 Å². The normalized spacial score (nSPS) is 17.6. The van der Waals surface area contributed by atoms with Crippen molar-refractivity contribution in [2.75, 3.05) is 12.1 Å². The fourth-order valence-corrected chi connectivity index (χ4v) is 3.82. The number of benzene rings is 2. The number of nitrogens with one attached hydrogen (secondary N) is 1. The van der Waals surface area contributed by atoms with Crippen molar-refractivity contribution < 1.29 is 14.3 Å². The summed E-state index contributed by atoms with van der Waals surface area (Å²) < 4.78 is 12.6. The van der Waals surface area contributed by atoms with Gasteiger partial charge in [-0.1, -0.05) is 23.7 Å². The zero-order chi connectivity index (χ0) is 18.5. The summed E-state index contributed by atoms with van der Waals surface area (Å²) in [4.78, 5) is 12.4. The van der Waals surface area contributed by atoms with Gasteiger partial charge in [0.2, 0.25) is 12.7 Å². The summed E-state index contributed by atoms with van der Waals surface area (Å²) in [5, 5.41) is 8.17. The van der Waals surface area contributed by atoms with E-state index in [-0.39, 0.29) is 18.6 Å². The summed E-state index contributed by atoms with van der Waals surface area (Å²) in [5.41, 5.74) is 3.71. The Morgan fingerprint density at radius 3 is 2.96 bits per heavy atom. The number of rotatable bonds is 2. The number of anilines is 1. The van der Waals surface area contributed by atoms with E-state index in [1.165, 1.54) is 0 Å². The number of hydrogen-bond acceptors (Lipinski definition) is 4. The quantitative estimate of drug-likeness (QED) is 0.727. The maximum Gasteiger partial charge on any atom is 0.231 e.